The number of carboxylic acid groups (broad SMARTS) is 1. The molecule has 1 aromatic carbocycles. The summed E-state index contributed by atoms with van der Waals surface area (Å²) in [7, 11) is 0. The lowest BCUT2D eigenvalue weighted by Gasteiger charge is -2.05. The van der Waals surface area contributed by atoms with Gasteiger partial charge in [0.15, 0.2) is 0 Å². The highest BCUT2D eigenvalue weighted by molar-refractivity contribution is 5.95. The number of nitrogens with zero attached hydrogens (tertiary/aromatic N) is 2. The molecule has 0 saturated heterocycles. The van der Waals surface area contributed by atoms with Gasteiger partial charge in [-0.05, 0) is 18.2 Å². The molecule has 0 bridgehead atoms. The molecule has 0 fully saturated rings. The zero-order valence-electron chi connectivity index (χ0n) is 8.09. The highest BCUT2D eigenvalue weighted by Crippen LogP contribution is 2.23. The third kappa shape index (κ3) is 1.88. The van der Waals surface area contributed by atoms with E-state index in [4.69, 9.17) is 5.11 Å². The highest BCUT2D eigenvalue weighted by Gasteiger charge is 2.12. The number of aromatic carboxylic acids is 1. The van der Waals surface area contributed by atoms with Crippen molar-refractivity contribution >= 4 is 5.97 Å². The van der Waals surface area contributed by atoms with Crippen LogP contribution in [0.2, 0.25) is 0 Å². The molecule has 0 atom stereocenters. The van der Waals surface area contributed by atoms with E-state index in [1.165, 1.54) is 24.8 Å². The quantitative estimate of drug-likeness (QED) is 0.837. The lowest BCUT2D eigenvalue weighted by molar-refractivity contribution is 0.0697. The van der Waals surface area contributed by atoms with Gasteiger partial charge in [0.05, 0.1) is 5.56 Å². The van der Waals surface area contributed by atoms with Crippen molar-refractivity contribution in [3.63, 3.8) is 0 Å². The minimum absolute atomic E-state index is 0.0243. The standard InChI is InChI=1S/C11H7FN2O2/c12-8-1-2-9(11(15)16)10(3-8)7-4-13-6-14-5-7/h1-6H,(H,15,16). The molecule has 1 N–H and O–H groups in total. The van der Waals surface area contributed by atoms with Gasteiger partial charge in [0.1, 0.15) is 12.1 Å². The van der Waals surface area contributed by atoms with Gasteiger partial charge in [0, 0.05) is 23.5 Å². The lowest BCUT2D eigenvalue weighted by Crippen LogP contribution is -2.00. The normalized spacial score (nSPS) is 10.1. The number of benzene rings is 1. The van der Waals surface area contributed by atoms with Crippen molar-refractivity contribution in [2.75, 3.05) is 0 Å². The van der Waals surface area contributed by atoms with E-state index in [0.717, 1.165) is 12.1 Å². The molecule has 0 amide bonds. The van der Waals surface area contributed by atoms with Crippen molar-refractivity contribution in [3.8, 4) is 11.1 Å². The Morgan fingerprint density at radius 1 is 1.25 bits per heavy atom. The average Bonchev–Trinajstić information content (AvgIpc) is 2.29. The van der Waals surface area contributed by atoms with Crippen molar-refractivity contribution in [2.24, 2.45) is 0 Å². The molecule has 0 aliphatic rings. The monoisotopic (exact) mass is 218 g/mol. The summed E-state index contributed by atoms with van der Waals surface area (Å²) in [5, 5.41) is 8.95. The summed E-state index contributed by atoms with van der Waals surface area (Å²) in [4.78, 5) is 18.5. The third-order valence-electron chi connectivity index (χ3n) is 2.08. The Morgan fingerprint density at radius 2 is 1.94 bits per heavy atom. The van der Waals surface area contributed by atoms with E-state index < -0.39 is 11.8 Å². The molecule has 2 rings (SSSR count). The Bertz CT molecular complexity index is 529. The largest absolute Gasteiger partial charge is 0.478 e. The van der Waals surface area contributed by atoms with Crippen LogP contribution in [0, 0.1) is 5.82 Å². The van der Waals surface area contributed by atoms with Crippen LogP contribution in [0.15, 0.2) is 36.9 Å². The van der Waals surface area contributed by atoms with Crippen LogP contribution in [0.4, 0.5) is 4.39 Å². The van der Waals surface area contributed by atoms with E-state index in [0.29, 0.717) is 5.56 Å². The molecule has 0 saturated carbocycles. The molecule has 0 aliphatic carbocycles. The van der Waals surface area contributed by atoms with Gasteiger partial charge >= 0.3 is 5.97 Å². The van der Waals surface area contributed by atoms with Crippen molar-refractivity contribution < 1.29 is 14.3 Å². The fraction of sp³-hybridized carbons (Fsp3) is 0. The number of aromatic nitrogens is 2. The van der Waals surface area contributed by atoms with Gasteiger partial charge in [-0.3, -0.25) is 0 Å². The van der Waals surface area contributed by atoms with Gasteiger partial charge in [0.25, 0.3) is 0 Å². The molecule has 1 heterocycles. The predicted molar refractivity (Wildman–Crippen MR) is 54.4 cm³/mol. The summed E-state index contributed by atoms with van der Waals surface area (Å²) in [5.74, 6) is -1.61. The highest BCUT2D eigenvalue weighted by atomic mass is 19.1. The van der Waals surface area contributed by atoms with E-state index in [9.17, 15) is 9.18 Å². The van der Waals surface area contributed by atoms with Gasteiger partial charge < -0.3 is 5.11 Å². The lowest BCUT2D eigenvalue weighted by atomic mass is 10.0. The van der Waals surface area contributed by atoms with Crippen molar-refractivity contribution in [2.45, 2.75) is 0 Å². The van der Waals surface area contributed by atoms with E-state index in [1.54, 1.807) is 0 Å². The van der Waals surface area contributed by atoms with Crippen LogP contribution in [0.1, 0.15) is 10.4 Å². The second-order valence-corrected chi connectivity index (χ2v) is 3.12. The summed E-state index contributed by atoms with van der Waals surface area (Å²) in [6.07, 6.45) is 4.20. The smallest absolute Gasteiger partial charge is 0.336 e. The average molecular weight is 218 g/mol. The summed E-state index contributed by atoms with van der Waals surface area (Å²) in [6, 6.07) is 3.49. The summed E-state index contributed by atoms with van der Waals surface area (Å²) in [6.45, 7) is 0. The number of halogens is 1. The van der Waals surface area contributed by atoms with E-state index >= 15 is 0 Å². The van der Waals surface area contributed by atoms with Gasteiger partial charge in [-0.25, -0.2) is 19.2 Å². The number of rotatable bonds is 2. The Morgan fingerprint density at radius 3 is 2.56 bits per heavy atom. The minimum Gasteiger partial charge on any atom is -0.478 e. The maximum Gasteiger partial charge on any atom is 0.336 e. The van der Waals surface area contributed by atoms with Crippen LogP contribution >= 0.6 is 0 Å². The van der Waals surface area contributed by atoms with Crippen molar-refractivity contribution in [1.29, 1.82) is 0 Å². The van der Waals surface area contributed by atoms with E-state index in [1.807, 2.05) is 0 Å². The van der Waals surface area contributed by atoms with Crippen LogP contribution in [-0.2, 0) is 0 Å². The molecular formula is C11H7FN2O2. The second-order valence-electron chi connectivity index (χ2n) is 3.12. The number of carbonyl (C=O) groups is 1. The van der Waals surface area contributed by atoms with Crippen LogP contribution in [-0.4, -0.2) is 21.0 Å². The SMILES string of the molecule is O=C(O)c1ccc(F)cc1-c1cncnc1. The molecule has 0 unspecified atom stereocenters. The molecule has 0 aliphatic heterocycles. The van der Waals surface area contributed by atoms with Crippen molar-refractivity contribution in [3.05, 3.63) is 48.3 Å². The minimum atomic E-state index is -1.11. The fourth-order valence-corrected chi connectivity index (χ4v) is 1.38. The first kappa shape index (κ1) is 10.2. The Labute approximate surface area is 90.4 Å². The summed E-state index contributed by atoms with van der Waals surface area (Å²) in [5.41, 5.74) is 0.767. The van der Waals surface area contributed by atoms with Gasteiger partial charge in [0.2, 0.25) is 0 Å². The number of carboxylic acids is 1. The molecular weight excluding hydrogens is 211 g/mol. The fourth-order valence-electron chi connectivity index (χ4n) is 1.38. The zero-order chi connectivity index (χ0) is 11.5. The van der Waals surface area contributed by atoms with Crippen LogP contribution < -0.4 is 0 Å². The van der Waals surface area contributed by atoms with Gasteiger partial charge in [-0.1, -0.05) is 0 Å². The molecule has 0 radical (unpaired) electrons. The molecule has 1 aromatic heterocycles. The second kappa shape index (κ2) is 4.06. The first-order valence-electron chi connectivity index (χ1n) is 4.46. The molecule has 5 heteroatoms. The Kier molecular flexibility index (Phi) is 2.59. The Balaban J connectivity index is 2.63. The molecule has 0 spiro atoms. The van der Waals surface area contributed by atoms with Crippen LogP contribution in [0.5, 0.6) is 0 Å². The van der Waals surface area contributed by atoms with Crippen LogP contribution in [0.25, 0.3) is 11.1 Å². The van der Waals surface area contributed by atoms with Crippen molar-refractivity contribution in [1.82, 2.24) is 9.97 Å². The van der Waals surface area contributed by atoms with Gasteiger partial charge in [-0.15, -0.1) is 0 Å². The zero-order valence-corrected chi connectivity index (χ0v) is 8.09. The number of hydrogen-bond donors (Lipinski definition) is 1. The third-order valence-corrected chi connectivity index (χ3v) is 2.08. The Hall–Kier alpha value is -2.30. The molecule has 16 heavy (non-hydrogen) atoms. The predicted octanol–water partition coefficient (Wildman–Crippen LogP) is 1.98. The van der Waals surface area contributed by atoms with E-state index in [-0.39, 0.29) is 11.1 Å². The molecule has 4 nitrogen and oxygen atoms in total. The maximum atomic E-state index is 13.1. The molecule has 80 valence electrons. The first-order valence-corrected chi connectivity index (χ1v) is 4.46. The molecule has 2 aromatic rings. The summed E-state index contributed by atoms with van der Waals surface area (Å²) < 4.78 is 13.1. The first-order chi connectivity index (χ1) is 7.68. The van der Waals surface area contributed by atoms with E-state index in [2.05, 4.69) is 9.97 Å². The van der Waals surface area contributed by atoms with Crippen LogP contribution in [0.3, 0.4) is 0 Å². The topological polar surface area (TPSA) is 63.1 Å². The van der Waals surface area contributed by atoms with Gasteiger partial charge in [-0.2, -0.15) is 0 Å². The maximum absolute atomic E-state index is 13.1. The number of hydrogen-bond acceptors (Lipinski definition) is 3. The summed E-state index contributed by atoms with van der Waals surface area (Å²) >= 11 is 0.